The predicted molar refractivity (Wildman–Crippen MR) is 73.4 cm³/mol. The lowest BCUT2D eigenvalue weighted by atomic mass is 10.1. The molecule has 2 N–H and O–H groups in total. The van der Waals surface area contributed by atoms with E-state index in [1.54, 1.807) is 0 Å². The molecular weight excluding hydrogens is 210 g/mol. The zero-order valence-electron chi connectivity index (χ0n) is 11.1. The van der Waals surface area contributed by atoms with Gasteiger partial charge in [0.1, 0.15) is 11.6 Å². The van der Waals surface area contributed by atoms with Gasteiger partial charge in [0.25, 0.3) is 0 Å². The number of hydrogen-bond acceptors (Lipinski definition) is 3. The summed E-state index contributed by atoms with van der Waals surface area (Å²) in [5.74, 6) is 2.75. The summed E-state index contributed by atoms with van der Waals surface area (Å²) in [5.41, 5.74) is 0.533. The highest BCUT2D eigenvalue weighted by atomic mass is 15.1. The summed E-state index contributed by atoms with van der Waals surface area (Å²) in [6, 6.07) is 6.10. The lowest BCUT2D eigenvalue weighted by Gasteiger charge is -2.09. The molecule has 1 saturated carbocycles. The van der Waals surface area contributed by atoms with Crippen molar-refractivity contribution in [2.45, 2.75) is 33.6 Å². The van der Waals surface area contributed by atoms with Crippen molar-refractivity contribution >= 4 is 11.6 Å². The fraction of sp³-hybridized carbons (Fsp3) is 0.643. The van der Waals surface area contributed by atoms with E-state index in [2.05, 4.69) is 36.4 Å². The molecule has 1 aromatic heterocycles. The summed E-state index contributed by atoms with van der Waals surface area (Å²) < 4.78 is 0. The Labute approximate surface area is 104 Å². The van der Waals surface area contributed by atoms with Crippen LogP contribution in [0.15, 0.2) is 18.2 Å². The van der Waals surface area contributed by atoms with Gasteiger partial charge >= 0.3 is 0 Å². The van der Waals surface area contributed by atoms with E-state index in [4.69, 9.17) is 0 Å². The van der Waals surface area contributed by atoms with Crippen molar-refractivity contribution in [3.8, 4) is 0 Å². The summed E-state index contributed by atoms with van der Waals surface area (Å²) in [7, 11) is 0. The zero-order chi connectivity index (χ0) is 12.3. The van der Waals surface area contributed by atoms with Crippen LogP contribution >= 0.6 is 0 Å². The van der Waals surface area contributed by atoms with Gasteiger partial charge in [-0.15, -0.1) is 0 Å². The lowest BCUT2D eigenvalue weighted by Crippen LogP contribution is -2.09. The van der Waals surface area contributed by atoms with Gasteiger partial charge in [-0.25, -0.2) is 4.98 Å². The molecule has 0 aliphatic heterocycles. The molecule has 17 heavy (non-hydrogen) atoms. The van der Waals surface area contributed by atoms with Gasteiger partial charge in [0, 0.05) is 13.1 Å². The van der Waals surface area contributed by atoms with E-state index in [9.17, 15) is 0 Å². The second-order valence-electron chi connectivity index (χ2n) is 5.61. The Morgan fingerprint density at radius 3 is 2.53 bits per heavy atom. The molecule has 0 bridgehead atoms. The smallest absolute Gasteiger partial charge is 0.128 e. The van der Waals surface area contributed by atoms with E-state index in [1.165, 1.54) is 6.42 Å². The molecule has 0 aromatic carbocycles. The van der Waals surface area contributed by atoms with Crippen molar-refractivity contribution in [3.63, 3.8) is 0 Å². The average molecular weight is 233 g/mol. The Balaban J connectivity index is 1.84. The largest absolute Gasteiger partial charge is 0.370 e. The van der Waals surface area contributed by atoms with Crippen LogP contribution in [0.2, 0.25) is 0 Å². The van der Waals surface area contributed by atoms with Crippen LogP contribution in [0.5, 0.6) is 0 Å². The summed E-state index contributed by atoms with van der Waals surface area (Å²) in [5, 5.41) is 6.73. The Morgan fingerprint density at radius 2 is 1.94 bits per heavy atom. The number of pyridine rings is 1. The highest BCUT2D eigenvalue weighted by Gasteiger charge is 2.44. The van der Waals surface area contributed by atoms with Crippen molar-refractivity contribution in [1.82, 2.24) is 4.98 Å². The third-order valence-electron chi connectivity index (χ3n) is 3.55. The van der Waals surface area contributed by atoms with Crippen molar-refractivity contribution in [2.24, 2.45) is 11.3 Å². The lowest BCUT2D eigenvalue weighted by molar-refractivity contribution is 0.573. The number of anilines is 2. The first kappa shape index (κ1) is 12.2. The fourth-order valence-electron chi connectivity index (χ4n) is 2.04. The number of nitrogens with zero attached hydrogens (tertiary/aromatic N) is 1. The second-order valence-corrected chi connectivity index (χ2v) is 5.61. The normalized spacial score (nSPS) is 21.0. The number of nitrogens with one attached hydrogen (secondary N) is 2. The third kappa shape index (κ3) is 3.35. The van der Waals surface area contributed by atoms with Gasteiger partial charge in [-0.05, 0) is 36.3 Å². The molecule has 2 rings (SSSR count). The first-order valence-electron chi connectivity index (χ1n) is 6.56. The maximum atomic E-state index is 4.54. The van der Waals surface area contributed by atoms with Crippen molar-refractivity contribution in [1.29, 1.82) is 0 Å². The minimum Gasteiger partial charge on any atom is -0.370 e. The SMILES string of the molecule is CCCNc1cccc(NCC2CC2(C)C)n1. The minimum absolute atomic E-state index is 0.533. The summed E-state index contributed by atoms with van der Waals surface area (Å²) in [6.45, 7) is 8.83. The Morgan fingerprint density at radius 1 is 1.29 bits per heavy atom. The van der Waals surface area contributed by atoms with Crippen LogP contribution < -0.4 is 10.6 Å². The summed E-state index contributed by atoms with van der Waals surface area (Å²) >= 11 is 0. The van der Waals surface area contributed by atoms with Gasteiger partial charge in [-0.2, -0.15) is 0 Å². The fourth-order valence-corrected chi connectivity index (χ4v) is 2.04. The van der Waals surface area contributed by atoms with Crippen LogP contribution in [0.25, 0.3) is 0 Å². The predicted octanol–water partition coefficient (Wildman–Crippen LogP) is 3.36. The average Bonchev–Trinajstić information content (AvgIpc) is 2.92. The number of hydrogen-bond donors (Lipinski definition) is 2. The van der Waals surface area contributed by atoms with E-state index in [0.717, 1.165) is 37.1 Å². The van der Waals surface area contributed by atoms with Gasteiger partial charge < -0.3 is 10.6 Å². The molecule has 1 fully saturated rings. The number of rotatable bonds is 6. The van der Waals surface area contributed by atoms with Crippen molar-refractivity contribution < 1.29 is 0 Å². The molecule has 0 spiro atoms. The highest BCUT2D eigenvalue weighted by molar-refractivity contribution is 5.45. The molecule has 1 aliphatic carbocycles. The highest BCUT2D eigenvalue weighted by Crippen LogP contribution is 2.51. The first-order chi connectivity index (χ1) is 8.12. The van der Waals surface area contributed by atoms with E-state index >= 15 is 0 Å². The molecule has 1 unspecified atom stereocenters. The third-order valence-corrected chi connectivity index (χ3v) is 3.55. The van der Waals surface area contributed by atoms with Gasteiger partial charge in [-0.3, -0.25) is 0 Å². The summed E-state index contributed by atoms with van der Waals surface area (Å²) in [6.07, 6.45) is 2.45. The molecule has 0 saturated heterocycles. The Hall–Kier alpha value is -1.25. The minimum atomic E-state index is 0.533. The molecule has 3 nitrogen and oxygen atoms in total. The molecule has 1 atom stereocenters. The molecule has 1 aliphatic rings. The van der Waals surface area contributed by atoms with Crippen LogP contribution in [-0.2, 0) is 0 Å². The summed E-state index contributed by atoms with van der Waals surface area (Å²) in [4.78, 5) is 4.54. The van der Waals surface area contributed by atoms with Crippen molar-refractivity contribution in [3.05, 3.63) is 18.2 Å². The van der Waals surface area contributed by atoms with Gasteiger partial charge in [-0.1, -0.05) is 26.8 Å². The Kier molecular flexibility index (Phi) is 3.55. The van der Waals surface area contributed by atoms with Crippen LogP contribution in [0, 0.1) is 11.3 Å². The van der Waals surface area contributed by atoms with E-state index in [1.807, 2.05) is 18.2 Å². The van der Waals surface area contributed by atoms with Gasteiger partial charge in [0.15, 0.2) is 0 Å². The second kappa shape index (κ2) is 4.94. The van der Waals surface area contributed by atoms with Crippen LogP contribution in [0.3, 0.4) is 0 Å². The molecule has 0 radical (unpaired) electrons. The Bertz CT molecular complexity index is 373. The van der Waals surface area contributed by atoms with Gasteiger partial charge in [0.2, 0.25) is 0 Å². The molecule has 3 heteroatoms. The maximum Gasteiger partial charge on any atom is 0.128 e. The maximum absolute atomic E-state index is 4.54. The molecule has 94 valence electrons. The standard InChI is InChI=1S/C14H23N3/c1-4-8-15-12-6-5-7-13(17-12)16-10-11-9-14(11,2)3/h5-7,11H,4,8-10H2,1-3H3,(H2,15,16,17). The van der Waals surface area contributed by atoms with E-state index in [0.29, 0.717) is 5.41 Å². The van der Waals surface area contributed by atoms with Crippen LogP contribution in [0.4, 0.5) is 11.6 Å². The first-order valence-corrected chi connectivity index (χ1v) is 6.56. The van der Waals surface area contributed by atoms with Crippen LogP contribution in [-0.4, -0.2) is 18.1 Å². The quantitative estimate of drug-likeness (QED) is 0.791. The van der Waals surface area contributed by atoms with E-state index in [-0.39, 0.29) is 0 Å². The molecular formula is C14H23N3. The van der Waals surface area contributed by atoms with E-state index < -0.39 is 0 Å². The van der Waals surface area contributed by atoms with Crippen LogP contribution in [0.1, 0.15) is 33.6 Å². The number of aromatic nitrogens is 1. The molecule has 1 heterocycles. The molecule has 1 aromatic rings. The topological polar surface area (TPSA) is 37.0 Å². The van der Waals surface area contributed by atoms with Crippen molar-refractivity contribution in [2.75, 3.05) is 23.7 Å². The monoisotopic (exact) mass is 233 g/mol. The zero-order valence-corrected chi connectivity index (χ0v) is 11.1. The van der Waals surface area contributed by atoms with Gasteiger partial charge in [0.05, 0.1) is 0 Å². The molecule has 0 amide bonds.